The molecule has 1 heteroatoms. The average Bonchev–Trinajstić information content (AvgIpc) is 2.40. The van der Waals surface area contributed by atoms with E-state index in [-0.39, 0.29) is 5.41 Å². The molecule has 0 bridgehead atoms. The highest BCUT2D eigenvalue weighted by Crippen LogP contribution is 2.36. The summed E-state index contributed by atoms with van der Waals surface area (Å²) in [5.74, 6) is 0. The van der Waals surface area contributed by atoms with Gasteiger partial charge in [-0.25, -0.2) is 0 Å². The van der Waals surface area contributed by atoms with E-state index in [2.05, 4.69) is 76.5 Å². The minimum absolute atomic E-state index is 0.188. The Bertz CT molecular complexity index is 370. The van der Waals surface area contributed by atoms with Crippen LogP contribution in [0.4, 0.5) is 0 Å². The summed E-state index contributed by atoms with van der Waals surface area (Å²) in [5.41, 5.74) is 3.00. The van der Waals surface area contributed by atoms with E-state index in [1.54, 1.807) is 0 Å². The van der Waals surface area contributed by atoms with Gasteiger partial charge in [0.15, 0.2) is 0 Å². The molecule has 0 spiro atoms. The molecular weight excluding hydrogens is 218 g/mol. The van der Waals surface area contributed by atoms with Crippen molar-refractivity contribution in [1.82, 2.24) is 5.32 Å². The third-order valence-corrected chi connectivity index (χ3v) is 4.02. The summed E-state index contributed by atoms with van der Waals surface area (Å²) >= 11 is 0. The maximum atomic E-state index is 3.50. The number of hydrogen-bond donors (Lipinski definition) is 1. The number of allylic oxidation sites excluding steroid dienone is 1. The first-order valence-electron chi connectivity index (χ1n) is 6.98. The van der Waals surface area contributed by atoms with Crippen LogP contribution in [0.25, 0.3) is 0 Å². The lowest BCUT2D eigenvalue weighted by atomic mass is 9.69. The van der Waals surface area contributed by atoms with E-state index in [9.17, 15) is 0 Å². The zero-order chi connectivity index (χ0) is 13.6. The molecule has 0 aliphatic rings. The molecule has 1 aromatic rings. The zero-order valence-electron chi connectivity index (χ0n) is 12.5. The minimum atomic E-state index is 0.188. The molecule has 0 aliphatic heterocycles. The molecule has 18 heavy (non-hydrogen) atoms. The number of benzene rings is 1. The lowest BCUT2D eigenvalue weighted by molar-refractivity contribution is 0.322. The highest BCUT2D eigenvalue weighted by Gasteiger charge is 2.35. The summed E-state index contributed by atoms with van der Waals surface area (Å²) in [6.07, 6.45) is 4.64. The fraction of sp³-hybridized carbons (Fsp3) is 0.529. The van der Waals surface area contributed by atoms with E-state index in [0.29, 0.717) is 6.04 Å². The normalized spacial score (nSPS) is 13.2. The average molecular weight is 245 g/mol. The molecule has 1 nitrogen and oxygen atoms in total. The Morgan fingerprint density at radius 3 is 2.11 bits per heavy atom. The zero-order valence-corrected chi connectivity index (χ0v) is 12.5. The predicted molar refractivity (Wildman–Crippen MR) is 81.0 cm³/mol. The predicted octanol–water partition coefficient (Wildman–Crippen LogP) is 4.30. The van der Waals surface area contributed by atoms with E-state index in [4.69, 9.17) is 0 Å². The van der Waals surface area contributed by atoms with Crippen molar-refractivity contribution in [1.29, 1.82) is 0 Å². The van der Waals surface area contributed by atoms with Gasteiger partial charge in [0.2, 0.25) is 0 Å². The summed E-state index contributed by atoms with van der Waals surface area (Å²) in [4.78, 5) is 0. The van der Waals surface area contributed by atoms with Gasteiger partial charge >= 0.3 is 0 Å². The Morgan fingerprint density at radius 1 is 1.17 bits per heavy atom. The molecule has 1 unspecified atom stereocenters. The monoisotopic (exact) mass is 245 g/mol. The van der Waals surface area contributed by atoms with Gasteiger partial charge in [-0.1, -0.05) is 55.8 Å². The number of hydrogen-bond acceptors (Lipinski definition) is 1. The van der Waals surface area contributed by atoms with Gasteiger partial charge in [0.25, 0.3) is 0 Å². The van der Waals surface area contributed by atoms with Gasteiger partial charge in [-0.15, -0.1) is 0 Å². The summed E-state index contributed by atoms with van der Waals surface area (Å²) < 4.78 is 0. The van der Waals surface area contributed by atoms with E-state index in [1.807, 2.05) is 0 Å². The highest BCUT2D eigenvalue weighted by molar-refractivity contribution is 5.30. The van der Waals surface area contributed by atoms with Gasteiger partial charge < -0.3 is 5.32 Å². The van der Waals surface area contributed by atoms with Crippen molar-refractivity contribution in [3.63, 3.8) is 0 Å². The minimum Gasteiger partial charge on any atom is -0.313 e. The number of likely N-dealkylation sites (N-methyl/N-ethyl adjacent to an activating group) is 1. The third-order valence-electron chi connectivity index (χ3n) is 4.02. The van der Waals surface area contributed by atoms with Crippen LogP contribution in [0.15, 0.2) is 42.0 Å². The Hall–Kier alpha value is -1.08. The van der Waals surface area contributed by atoms with Crippen molar-refractivity contribution in [2.45, 2.75) is 52.0 Å². The first-order valence-corrected chi connectivity index (χ1v) is 6.98. The Kier molecular flexibility index (Phi) is 5.61. The third kappa shape index (κ3) is 3.02. The van der Waals surface area contributed by atoms with Crippen LogP contribution in [-0.2, 0) is 5.41 Å². The Balaban J connectivity index is 3.25. The smallest absolute Gasteiger partial charge is 0.0347 e. The highest BCUT2D eigenvalue weighted by atomic mass is 14.9. The molecule has 0 fully saturated rings. The maximum absolute atomic E-state index is 3.50. The van der Waals surface area contributed by atoms with Crippen molar-refractivity contribution in [3.05, 3.63) is 47.5 Å². The van der Waals surface area contributed by atoms with Crippen molar-refractivity contribution >= 4 is 0 Å². The molecule has 0 saturated carbocycles. The van der Waals surface area contributed by atoms with Gasteiger partial charge in [0, 0.05) is 11.5 Å². The fourth-order valence-electron chi connectivity index (χ4n) is 2.90. The molecular formula is C17H27N. The molecule has 0 radical (unpaired) electrons. The van der Waals surface area contributed by atoms with Gasteiger partial charge in [-0.2, -0.15) is 0 Å². The Morgan fingerprint density at radius 2 is 1.72 bits per heavy atom. The molecule has 100 valence electrons. The van der Waals surface area contributed by atoms with Crippen LogP contribution in [0.5, 0.6) is 0 Å². The first-order chi connectivity index (χ1) is 8.60. The molecule has 0 heterocycles. The molecule has 1 N–H and O–H groups in total. The van der Waals surface area contributed by atoms with Crippen LogP contribution in [-0.4, -0.2) is 13.1 Å². The van der Waals surface area contributed by atoms with Crippen LogP contribution >= 0.6 is 0 Å². The summed E-state index contributed by atoms with van der Waals surface area (Å²) in [6.45, 7) is 8.93. The van der Waals surface area contributed by atoms with E-state index in [0.717, 1.165) is 12.8 Å². The SMILES string of the molecule is CCC(CC)(c1ccccc1)C(C=C(C)C)NC. The number of rotatable bonds is 6. The fourth-order valence-corrected chi connectivity index (χ4v) is 2.90. The lowest BCUT2D eigenvalue weighted by Crippen LogP contribution is -2.45. The lowest BCUT2D eigenvalue weighted by Gasteiger charge is -2.39. The van der Waals surface area contributed by atoms with Crippen LogP contribution in [0.1, 0.15) is 46.1 Å². The second kappa shape index (κ2) is 6.75. The van der Waals surface area contributed by atoms with Crippen LogP contribution < -0.4 is 5.32 Å². The molecule has 0 aliphatic carbocycles. The summed E-state index contributed by atoms with van der Waals surface area (Å²) in [7, 11) is 2.06. The summed E-state index contributed by atoms with van der Waals surface area (Å²) in [5, 5.41) is 3.50. The molecule has 1 aromatic carbocycles. The van der Waals surface area contributed by atoms with E-state index in [1.165, 1.54) is 11.1 Å². The number of nitrogens with one attached hydrogen (secondary N) is 1. The van der Waals surface area contributed by atoms with Crippen molar-refractivity contribution in [3.8, 4) is 0 Å². The van der Waals surface area contributed by atoms with E-state index >= 15 is 0 Å². The van der Waals surface area contributed by atoms with Crippen molar-refractivity contribution in [2.24, 2.45) is 0 Å². The topological polar surface area (TPSA) is 12.0 Å². The van der Waals surface area contributed by atoms with Crippen molar-refractivity contribution in [2.75, 3.05) is 7.05 Å². The molecule has 0 aromatic heterocycles. The summed E-state index contributed by atoms with van der Waals surface area (Å²) in [6, 6.07) is 11.3. The molecule has 0 amide bonds. The van der Waals surface area contributed by atoms with Crippen LogP contribution in [0.3, 0.4) is 0 Å². The second-order valence-electron chi connectivity index (χ2n) is 5.24. The van der Waals surface area contributed by atoms with Gasteiger partial charge in [0.05, 0.1) is 0 Å². The van der Waals surface area contributed by atoms with Gasteiger partial charge in [-0.05, 0) is 39.3 Å². The molecule has 1 atom stereocenters. The van der Waals surface area contributed by atoms with Crippen LogP contribution in [0, 0.1) is 0 Å². The standard InChI is InChI=1S/C17H27N/c1-6-17(7-2,15-11-9-8-10-12-15)16(18-5)13-14(3)4/h8-13,16,18H,6-7H2,1-5H3. The quantitative estimate of drug-likeness (QED) is 0.737. The largest absolute Gasteiger partial charge is 0.313 e. The van der Waals surface area contributed by atoms with Gasteiger partial charge in [0.1, 0.15) is 0 Å². The van der Waals surface area contributed by atoms with Crippen LogP contribution in [0.2, 0.25) is 0 Å². The van der Waals surface area contributed by atoms with E-state index < -0.39 is 0 Å². The molecule has 0 saturated heterocycles. The second-order valence-corrected chi connectivity index (χ2v) is 5.24. The van der Waals surface area contributed by atoms with Crippen molar-refractivity contribution < 1.29 is 0 Å². The molecule has 1 rings (SSSR count). The van der Waals surface area contributed by atoms with Gasteiger partial charge in [-0.3, -0.25) is 0 Å². The maximum Gasteiger partial charge on any atom is 0.0347 e. The Labute approximate surface area is 112 Å². The first kappa shape index (κ1) is 15.0.